The average Bonchev–Trinajstić information content (AvgIpc) is 2.27. The van der Waals surface area contributed by atoms with Crippen LogP contribution >= 0.6 is 0 Å². The third-order valence-electron chi connectivity index (χ3n) is 3.87. The van der Waals surface area contributed by atoms with Gasteiger partial charge in [-0.05, 0) is 54.0 Å². The summed E-state index contributed by atoms with van der Waals surface area (Å²) in [4.78, 5) is 13.9. The number of nitrogens with zero attached hydrogens (tertiary/aromatic N) is 1. The number of carboxylic acid groups (broad SMARTS) is 1. The van der Waals surface area contributed by atoms with E-state index in [-0.39, 0.29) is 12.1 Å². The van der Waals surface area contributed by atoms with Crippen molar-refractivity contribution in [1.29, 1.82) is 0 Å². The maximum Gasteiger partial charge on any atom is 0.323 e. The van der Waals surface area contributed by atoms with Gasteiger partial charge < -0.3 is 5.11 Å². The predicted molar refractivity (Wildman–Crippen MR) is 80.5 cm³/mol. The Bertz CT molecular complexity index is 281. The normalized spacial score (nSPS) is 18.4. The van der Waals surface area contributed by atoms with Crippen LogP contribution in [0.2, 0.25) is 0 Å². The summed E-state index contributed by atoms with van der Waals surface area (Å²) in [5.41, 5.74) is -0.867. The predicted octanol–water partition coefficient (Wildman–Crippen LogP) is 2.73. The Morgan fingerprint density at radius 3 is 2.05 bits per heavy atom. The van der Waals surface area contributed by atoms with Gasteiger partial charge in [0.2, 0.25) is 0 Å². The number of rotatable bonds is 9. The molecular formula is C15H32N2O2. The molecule has 0 aromatic rings. The molecule has 3 atom stereocenters. The maximum absolute atomic E-state index is 11.6. The van der Waals surface area contributed by atoms with E-state index in [0.29, 0.717) is 12.5 Å². The maximum atomic E-state index is 11.6. The second-order valence-corrected chi connectivity index (χ2v) is 6.08. The zero-order valence-corrected chi connectivity index (χ0v) is 13.7. The van der Waals surface area contributed by atoms with Gasteiger partial charge in [-0.3, -0.25) is 15.0 Å². The van der Waals surface area contributed by atoms with E-state index in [1.54, 1.807) is 6.92 Å². The van der Waals surface area contributed by atoms with Crippen LogP contribution in [0.5, 0.6) is 0 Å². The van der Waals surface area contributed by atoms with Gasteiger partial charge in [-0.1, -0.05) is 13.8 Å². The Morgan fingerprint density at radius 1 is 1.21 bits per heavy atom. The summed E-state index contributed by atoms with van der Waals surface area (Å²) in [7, 11) is 0. The summed E-state index contributed by atoms with van der Waals surface area (Å²) < 4.78 is 0. The number of hydrogen-bond donors (Lipinski definition) is 2. The lowest BCUT2D eigenvalue weighted by atomic mass is 9.91. The molecular weight excluding hydrogens is 240 g/mol. The van der Waals surface area contributed by atoms with E-state index in [2.05, 4.69) is 37.9 Å². The molecule has 0 aliphatic heterocycles. The van der Waals surface area contributed by atoms with Crippen molar-refractivity contribution in [2.45, 2.75) is 85.0 Å². The van der Waals surface area contributed by atoms with E-state index in [4.69, 9.17) is 0 Å². The van der Waals surface area contributed by atoms with Crippen LogP contribution in [-0.4, -0.2) is 46.2 Å². The molecule has 19 heavy (non-hydrogen) atoms. The van der Waals surface area contributed by atoms with Crippen molar-refractivity contribution in [3.05, 3.63) is 0 Å². The average molecular weight is 272 g/mol. The van der Waals surface area contributed by atoms with Crippen molar-refractivity contribution in [2.24, 2.45) is 0 Å². The minimum Gasteiger partial charge on any atom is -0.480 e. The quantitative estimate of drug-likeness (QED) is 0.677. The molecule has 2 N–H and O–H groups in total. The topological polar surface area (TPSA) is 52.6 Å². The van der Waals surface area contributed by atoms with Crippen LogP contribution in [0.25, 0.3) is 0 Å². The zero-order valence-electron chi connectivity index (χ0n) is 13.7. The highest BCUT2D eigenvalue weighted by atomic mass is 16.4. The second kappa shape index (κ2) is 7.85. The Hall–Kier alpha value is -0.610. The SMILES string of the molecule is CCC(C)N(CC)C(C)CC(C)(NC(C)C)C(=O)O. The Labute approximate surface area is 118 Å². The molecule has 0 aromatic heterocycles. The molecule has 0 bridgehead atoms. The molecule has 114 valence electrons. The third-order valence-corrected chi connectivity index (χ3v) is 3.87. The van der Waals surface area contributed by atoms with E-state index < -0.39 is 11.5 Å². The molecule has 0 saturated carbocycles. The minimum atomic E-state index is -0.867. The van der Waals surface area contributed by atoms with E-state index in [0.717, 1.165) is 13.0 Å². The molecule has 0 aliphatic carbocycles. The Morgan fingerprint density at radius 2 is 1.74 bits per heavy atom. The van der Waals surface area contributed by atoms with Gasteiger partial charge in [-0.15, -0.1) is 0 Å². The highest BCUT2D eigenvalue weighted by Gasteiger charge is 2.36. The van der Waals surface area contributed by atoms with Crippen molar-refractivity contribution in [3.8, 4) is 0 Å². The molecule has 0 aliphatic rings. The first kappa shape index (κ1) is 18.4. The number of carbonyl (C=O) groups is 1. The van der Waals surface area contributed by atoms with Crippen LogP contribution < -0.4 is 5.32 Å². The van der Waals surface area contributed by atoms with Crippen molar-refractivity contribution >= 4 is 5.97 Å². The van der Waals surface area contributed by atoms with Crippen molar-refractivity contribution in [1.82, 2.24) is 10.2 Å². The molecule has 4 nitrogen and oxygen atoms in total. The lowest BCUT2D eigenvalue weighted by molar-refractivity contribution is -0.145. The summed E-state index contributed by atoms with van der Waals surface area (Å²) in [5.74, 6) is -0.770. The smallest absolute Gasteiger partial charge is 0.323 e. The van der Waals surface area contributed by atoms with Gasteiger partial charge in [-0.2, -0.15) is 0 Å². The lowest BCUT2D eigenvalue weighted by Crippen LogP contribution is -2.56. The summed E-state index contributed by atoms with van der Waals surface area (Å²) in [6.07, 6.45) is 1.69. The molecule has 0 saturated heterocycles. The highest BCUT2D eigenvalue weighted by molar-refractivity contribution is 5.78. The van der Waals surface area contributed by atoms with Gasteiger partial charge in [0.15, 0.2) is 0 Å². The number of aliphatic carboxylic acids is 1. The van der Waals surface area contributed by atoms with Crippen molar-refractivity contribution in [3.63, 3.8) is 0 Å². The van der Waals surface area contributed by atoms with E-state index in [1.165, 1.54) is 0 Å². The fourth-order valence-corrected chi connectivity index (χ4v) is 2.85. The zero-order chi connectivity index (χ0) is 15.2. The summed E-state index contributed by atoms with van der Waals surface area (Å²) >= 11 is 0. The Balaban J connectivity index is 4.88. The van der Waals surface area contributed by atoms with E-state index in [9.17, 15) is 9.90 Å². The van der Waals surface area contributed by atoms with Gasteiger partial charge >= 0.3 is 5.97 Å². The summed E-state index contributed by atoms with van der Waals surface area (Å²) in [6.45, 7) is 15.3. The minimum absolute atomic E-state index is 0.159. The molecule has 0 spiro atoms. The fourth-order valence-electron chi connectivity index (χ4n) is 2.85. The van der Waals surface area contributed by atoms with E-state index in [1.807, 2.05) is 13.8 Å². The molecule has 0 fully saturated rings. The van der Waals surface area contributed by atoms with E-state index >= 15 is 0 Å². The first-order valence-electron chi connectivity index (χ1n) is 7.44. The van der Waals surface area contributed by atoms with Crippen LogP contribution in [0, 0.1) is 0 Å². The van der Waals surface area contributed by atoms with Crippen LogP contribution in [-0.2, 0) is 4.79 Å². The van der Waals surface area contributed by atoms with Gasteiger partial charge in [0.05, 0.1) is 0 Å². The van der Waals surface area contributed by atoms with Gasteiger partial charge in [0.1, 0.15) is 5.54 Å². The largest absolute Gasteiger partial charge is 0.480 e. The number of carboxylic acids is 1. The van der Waals surface area contributed by atoms with Gasteiger partial charge in [-0.25, -0.2) is 0 Å². The standard InChI is InChI=1S/C15H32N2O2/c1-8-12(5)17(9-2)13(6)10-15(7,14(18)19)16-11(3)4/h11-13,16H,8-10H2,1-7H3,(H,18,19). The number of nitrogens with one attached hydrogen (secondary N) is 1. The van der Waals surface area contributed by atoms with Crippen LogP contribution in [0.4, 0.5) is 0 Å². The van der Waals surface area contributed by atoms with Crippen LogP contribution in [0.15, 0.2) is 0 Å². The fraction of sp³-hybridized carbons (Fsp3) is 0.933. The second-order valence-electron chi connectivity index (χ2n) is 6.08. The van der Waals surface area contributed by atoms with Crippen LogP contribution in [0.3, 0.4) is 0 Å². The molecule has 0 rings (SSSR count). The summed E-state index contributed by atoms with van der Waals surface area (Å²) in [5, 5.41) is 12.7. The van der Waals surface area contributed by atoms with Crippen LogP contribution in [0.1, 0.15) is 61.3 Å². The first-order chi connectivity index (χ1) is 8.67. The van der Waals surface area contributed by atoms with Crippen molar-refractivity contribution in [2.75, 3.05) is 6.54 Å². The van der Waals surface area contributed by atoms with Gasteiger partial charge in [0, 0.05) is 18.1 Å². The third kappa shape index (κ3) is 5.49. The highest BCUT2D eigenvalue weighted by Crippen LogP contribution is 2.20. The molecule has 0 heterocycles. The molecule has 0 amide bonds. The Kier molecular flexibility index (Phi) is 7.60. The lowest BCUT2D eigenvalue weighted by Gasteiger charge is -2.38. The first-order valence-corrected chi connectivity index (χ1v) is 7.44. The summed E-state index contributed by atoms with van der Waals surface area (Å²) in [6, 6.07) is 0.886. The number of hydrogen-bond acceptors (Lipinski definition) is 3. The molecule has 3 unspecified atom stereocenters. The molecule has 0 aromatic carbocycles. The molecule has 4 heteroatoms. The molecule has 0 radical (unpaired) electrons. The van der Waals surface area contributed by atoms with Gasteiger partial charge in [0.25, 0.3) is 0 Å². The van der Waals surface area contributed by atoms with Crippen molar-refractivity contribution < 1.29 is 9.90 Å². The monoisotopic (exact) mass is 272 g/mol.